The highest BCUT2D eigenvalue weighted by molar-refractivity contribution is 7.90. The number of aryl methyl sites for hydroxylation is 1. The van der Waals surface area contributed by atoms with E-state index in [1.54, 1.807) is 22.9 Å². The first-order chi connectivity index (χ1) is 16.9. The first kappa shape index (κ1) is 23.8. The van der Waals surface area contributed by atoms with Crippen LogP contribution < -0.4 is 0 Å². The summed E-state index contributed by atoms with van der Waals surface area (Å²) >= 11 is 0. The number of aromatic nitrogens is 2. The average Bonchev–Trinajstić information content (AvgIpc) is 3.40. The summed E-state index contributed by atoms with van der Waals surface area (Å²) in [6.45, 7) is 3.41. The third-order valence-electron chi connectivity index (χ3n) is 6.67. The van der Waals surface area contributed by atoms with Crippen molar-refractivity contribution in [1.29, 1.82) is 0 Å². The van der Waals surface area contributed by atoms with Crippen molar-refractivity contribution >= 4 is 15.7 Å². The molecule has 2 aromatic carbocycles. The number of amides is 1. The van der Waals surface area contributed by atoms with Gasteiger partial charge in [-0.2, -0.15) is 0 Å². The van der Waals surface area contributed by atoms with Crippen LogP contribution in [0.1, 0.15) is 52.9 Å². The van der Waals surface area contributed by atoms with E-state index in [0.717, 1.165) is 42.5 Å². The van der Waals surface area contributed by atoms with Crippen molar-refractivity contribution in [3.05, 3.63) is 83.2 Å². The molecule has 1 saturated heterocycles. The Morgan fingerprint density at radius 1 is 1.09 bits per heavy atom. The highest BCUT2D eigenvalue weighted by Crippen LogP contribution is 2.31. The van der Waals surface area contributed by atoms with Gasteiger partial charge in [0, 0.05) is 18.2 Å². The number of ether oxygens (including phenoxy) is 1. The lowest BCUT2D eigenvalue weighted by atomic mass is 10.1. The summed E-state index contributed by atoms with van der Waals surface area (Å²) in [6, 6.07) is 16.9. The molecular weight excluding hydrogens is 462 g/mol. The van der Waals surface area contributed by atoms with E-state index in [1.807, 2.05) is 54.3 Å². The van der Waals surface area contributed by atoms with Crippen molar-refractivity contribution in [2.45, 2.75) is 68.8 Å². The van der Waals surface area contributed by atoms with Crippen molar-refractivity contribution in [2.75, 3.05) is 6.61 Å². The summed E-state index contributed by atoms with van der Waals surface area (Å²) in [5, 5.41) is 0.0467. The van der Waals surface area contributed by atoms with Gasteiger partial charge < -0.3 is 14.2 Å². The molecule has 2 fully saturated rings. The molecule has 1 atom stereocenters. The number of sulfone groups is 1. The lowest BCUT2D eigenvalue weighted by Crippen LogP contribution is -2.34. The first-order valence-electron chi connectivity index (χ1n) is 12.2. The molecule has 184 valence electrons. The lowest BCUT2D eigenvalue weighted by Gasteiger charge is -2.24. The number of carbonyl (C=O) groups excluding carboxylic acids is 1. The SMILES string of the molecule is Cc1ccc(C(=O)N(Cc2cnc(S(=O)(=O)Cc3ccccc3)n2CC2CCCO2)C2CC2)cc1. The molecule has 1 saturated carbocycles. The smallest absolute Gasteiger partial charge is 0.254 e. The van der Waals surface area contributed by atoms with Crippen molar-refractivity contribution in [3.63, 3.8) is 0 Å². The standard InChI is InChI=1S/C27H31N3O4S/c1-20-9-11-22(12-10-20)26(31)29(23-13-14-23)17-24-16-28-27(30(24)18-25-8-5-15-34-25)35(32,33)19-21-6-3-2-4-7-21/h2-4,6-7,9-12,16,23,25H,5,8,13-15,17-19H2,1H3. The van der Waals surface area contributed by atoms with Crippen LogP contribution in [-0.2, 0) is 33.4 Å². The van der Waals surface area contributed by atoms with Gasteiger partial charge in [0.15, 0.2) is 0 Å². The predicted molar refractivity (Wildman–Crippen MR) is 133 cm³/mol. The molecule has 1 aromatic heterocycles. The second-order valence-electron chi connectivity index (χ2n) is 9.55. The van der Waals surface area contributed by atoms with Crippen LogP contribution in [0.4, 0.5) is 0 Å². The zero-order chi connectivity index (χ0) is 24.4. The van der Waals surface area contributed by atoms with Crippen LogP contribution >= 0.6 is 0 Å². The molecule has 1 aliphatic carbocycles. The largest absolute Gasteiger partial charge is 0.376 e. The molecule has 0 radical (unpaired) electrons. The number of carbonyl (C=O) groups is 1. The Bertz CT molecular complexity index is 1280. The molecule has 8 heteroatoms. The van der Waals surface area contributed by atoms with Crippen molar-refractivity contribution in [1.82, 2.24) is 14.5 Å². The molecule has 2 aliphatic rings. The molecule has 0 N–H and O–H groups in total. The predicted octanol–water partition coefficient (Wildman–Crippen LogP) is 4.15. The van der Waals surface area contributed by atoms with E-state index in [2.05, 4.69) is 4.98 Å². The zero-order valence-electron chi connectivity index (χ0n) is 20.0. The Labute approximate surface area is 206 Å². The summed E-state index contributed by atoms with van der Waals surface area (Å²) < 4.78 is 34.5. The number of hydrogen-bond donors (Lipinski definition) is 0. The Morgan fingerprint density at radius 2 is 1.83 bits per heavy atom. The normalized spacial score (nSPS) is 18.0. The molecule has 35 heavy (non-hydrogen) atoms. The van der Waals surface area contributed by atoms with E-state index in [-0.39, 0.29) is 29.0 Å². The second kappa shape index (κ2) is 9.95. The van der Waals surface area contributed by atoms with Crippen LogP contribution in [0.2, 0.25) is 0 Å². The summed E-state index contributed by atoms with van der Waals surface area (Å²) in [6.07, 6.45) is 5.30. The first-order valence-corrected chi connectivity index (χ1v) is 13.9. The van der Waals surface area contributed by atoms with Crippen molar-refractivity contribution in [2.24, 2.45) is 0 Å². The van der Waals surface area contributed by atoms with E-state index >= 15 is 0 Å². The summed E-state index contributed by atoms with van der Waals surface area (Å²) in [5.74, 6) is -0.157. The molecule has 5 rings (SSSR count). The number of hydrogen-bond acceptors (Lipinski definition) is 5. The van der Waals surface area contributed by atoms with Crippen LogP contribution in [0, 0.1) is 6.92 Å². The van der Waals surface area contributed by atoms with Gasteiger partial charge in [-0.15, -0.1) is 0 Å². The van der Waals surface area contributed by atoms with E-state index in [4.69, 9.17) is 4.74 Å². The van der Waals surface area contributed by atoms with Crippen LogP contribution in [0.25, 0.3) is 0 Å². The van der Waals surface area contributed by atoms with E-state index in [1.165, 1.54) is 0 Å². The van der Waals surface area contributed by atoms with E-state index in [9.17, 15) is 13.2 Å². The fourth-order valence-corrected chi connectivity index (χ4v) is 6.10. The van der Waals surface area contributed by atoms with Crippen LogP contribution in [0.5, 0.6) is 0 Å². The number of nitrogens with zero attached hydrogens (tertiary/aromatic N) is 3. The molecule has 2 heterocycles. The van der Waals surface area contributed by atoms with Crippen molar-refractivity contribution < 1.29 is 17.9 Å². The molecule has 0 bridgehead atoms. The monoisotopic (exact) mass is 493 g/mol. The van der Waals surface area contributed by atoms with Crippen LogP contribution in [0.15, 0.2) is 66.0 Å². The minimum Gasteiger partial charge on any atom is -0.376 e. The highest BCUT2D eigenvalue weighted by atomic mass is 32.2. The quantitative estimate of drug-likeness (QED) is 0.447. The molecular formula is C27H31N3O4S. The Kier molecular flexibility index (Phi) is 6.75. The molecule has 1 unspecified atom stereocenters. The molecule has 7 nitrogen and oxygen atoms in total. The number of imidazole rings is 1. The van der Waals surface area contributed by atoms with E-state index in [0.29, 0.717) is 25.3 Å². The lowest BCUT2D eigenvalue weighted by molar-refractivity contribution is 0.0718. The molecule has 1 aliphatic heterocycles. The van der Waals surface area contributed by atoms with Gasteiger partial charge in [0.25, 0.3) is 5.91 Å². The topological polar surface area (TPSA) is 81.5 Å². The summed E-state index contributed by atoms with van der Waals surface area (Å²) in [5.41, 5.74) is 3.18. The number of rotatable bonds is 9. The molecule has 0 spiro atoms. The van der Waals surface area contributed by atoms with Gasteiger partial charge in [-0.25, -0.2) is 13.4 Å². The summed E-state index contributed by atoms with van der Waals surface area (Å²) in [4.78, 5) is 19.6. The van der Waals surface area contributed by atoms with Gasteiger partial charge in [-0.1, -0.05) is 48.0 Å². The molecule has 1 amide bonds. The van der Waals surface area contributed by atoms with Gasteiger partial charge in [-0.3, -0.25) is 4.79 Å². The third-order valence-corrected chi connectivity index (χ3v) is 8.26. The Morgan fingerprint density at radius 3 is 2.49 bits per heavy atom. The van der Waals surface area contributed by atoms with Gasteiger partial charge in [0.2, 0.25) is 15.0 Å². The Hall–Kier alpha value is -2.97. The average molecular weight is 494 g/mol. The van der Waals surface area contributed by atoms with Gasteiger partial charge in [-0.05, 0) is 50.3 Å². The maximum atomic E-state index is 13.4. The van der Waals surface area contributed by atoms with Crippen molar-refractivity contribution in [3.8, 4) is 0 Å². The fraction of sp³-hybridized carbons (Fsp3) is 0.407. The number of benzene rings is 2. The van der Waals surface area contributed by atoms with Gasteiger partial charge in [0.05, 0.1) is 36.8 Å². The summed E-state index contributed by atoms with van der Waals surface area (Å²) in [7, 11) is -3.69. The maximum Gasteiger partial charge on any atom is 0.254 e. The van der Waals surface area contributed by atoms with Gasteiger partial charge in [0.1, 0.15) is 0 Å². The van der Waals surface area contributed by atoms with E-state index < -0.39 is 9.84 Å². The zero-order valence-corrected chi connectivity index (χ0v) is 20.8. The van der Waals surface area contributed by atoms with Crippen LogP contribution in [0.3, 0.4) is 0 Å². The van der Waals surface area contributed by atoms with Crippen LogP contribution in [-0.4, -0.2) is 47.5 Å². The minimum atomic E-state index is -3.69. The highest BCUT2D eigenvalue weighted by Gasteiger charge is 2.35. The fourth-order valence-electron chi connectivity index (χ4n) is 4.60. The van der Waals surface area contributed by atoms with Gasteiger partial charge >= 0.3 is 0 Å². The second-order valence-corrected chi connectivity index (χ2v) is 11.4. The minimum absolute atomic E-state index is 0.0361. The maximum absolute atomic E-state index is 13.4. The molecule has 3 aromatic rings. The Balaban J connectivity index is 1.46. The third kappa shape index (κ3) is 5.49.